The number of hydrogen-bond acceptors (Lipinski definition) is 9. The number of nitrogens with one attached hydrogen (secondary N) is 1. The fraction of sp³-hybridized carbons (Fsp3) is 0.630. The van der Waals surface area contributed by atoms with Crippen LogP contribution in [-0.4, -0.2) is 62.9 Å². The number of ether oxygens (including phenoxy) is 1. The van der Waals surface area contributed by atoms with E-state index >= 15 is 0 Å². The Morgan fingerprint density at radius 1 is 1.12 bits per heavy atom. The standard InChI is InChI=1S/C27H35F3N4O6S2/c1-13(2)19(34(5)25(37)16-6-7-16)10-20(40-15(4)35)24-32-18(11-42-24)23(36)31-17(8-14(3)26(38)39)9-22-33-21(12-41-22)27(28,29)30/h11-14,16-17,19-20H,6-10H2,1-5H3,(H,31,36)(H,38,39). The summed E-state index contributed by atoms with van der Waals surface area (Å²) in [5.41, 5.74) is -1.07. The van der Waals surface area contributed by atoms with Gasteiger partial charge in [0.25, 0.3) is 5.91 Å². The maximum Gasteiger partial charge on any atom is 0.434 e. The largest absolute Gasteiger partial charge is 0.481 e. The number of amides is 2. The van der Waals surface area contributed by atoms with Crippen molar-refractivity contribution in [3.63, 3.8) is 0 Å². The van der Waals surface area contributed by atoms with E-state index in [9.17, 15) is 37.5 Å². The topological polar surface area (TPSA) is 139 Å². The van der Waals surface area contributed by atoms with Crippen LogP contribution in [0.25, 0.3) is 0 Å². The molecule has 2 aromatic rings. The van der Waals surface area contributed by atoms with Crippen molar-refractivity contribution in [2.45, 2.75) is 84.2 Å². The van der Waals surface area contributed by atoms with Crippen molar-refractivity contribution in [1.29, 1.82) is 0 Å². The predicted octanol–water partition coefficient (Wildman–Crippen LogP) is 4.96. The molecule has 0 bridgehead atoms. The van der Waals surface area contributed by atoms with Crippen LogP contribution in [0.3, 0.4) is 0 Å². The minimum atomic E-state index is -4.62. The third kappa shape index (κ3) is 9.21. The molecule has 0 aromatic carbocycles. The number of esters is 1. The Morgan fingerprint density at radius 3 is 2.31 bits per heavy atom. The average Bonchev–Trinajstić information content (AvgIpc) is 3.40. The van der Waals surface area contributed by atoms with E-state index in [4.69, 9.17) is 4.74 Å². The summed E-state index contributed by atoms with van der Waals surface area (Å²) in [5.74, 6) is -3.12. The molecule has 1 aliphatic rings. The zero-order valence-corrected chi connectivity index (χ0v) is 25.6. The Hall–Kier alpha value is -3.07. The number of carboxylic acids is 1. The first-order valence-corrected chi connectivity index (χ1v) is 15.3. The van der Waals surface area contributed by atoms with Crippen molar-refractivity contribution in [2.75, 3.05) is 7.05 Å². The quantitative estimate of drug-likeness (QED) is 0.279. The number of thiazole rings is 2. The molecular formula is C27H35F3N4O6S2. The summed E-state index contributed by atoms with van der Waals surface area (Å²) in [4.78, 5) is 59.0. The Balaban J connectivity index is 1.78. The molecule has 1 saturated carbocycles. The van der Waals surface area contributed by atoms with Crippen LogP contribution in [-0.2, 0) is 31.7 Å². The highest BCUT2D eigenvalue weighted by Gasteiger charge is 2.37. The average molecular weight is 633 g/mol. The molecule has 0 aliphatic heterocycles. The molecule has 2 amide bonds. The van der Waals surface area contributed by atoms with Gasteiger partial charge in [-0.15, -0.1) is 22.7 Å². The van der Waals surface area contributed by atoms with Gasteiger partial charge in [-0.3, -0.25) is 19.2 Å². The summed E-state index contributed by atoms with van der Waals surface area (Å²) in [6.45, 7) is 6.62. The molecule has 0 saturated heterocycles. The van der Waals surface area contributed by atoms with Crippen LogP contribution in [0.4, 0.5) is 13.2 Å². The highest BCUT2D eigenvalue weighted by molar-refractivity contribution is 7.10. The van der Waals surface area contributed by atoms with Gasteiger partial charge in [0, 0.05) is 55.6 Å². The Kier molecular flexibility index (Phi) is 11.1. The number of carbonyl (C=O) groups excluding carboxylic acids is 3. The minimum Gasteiger partial charge on any atom is -0.481 e. The molecule has 232 valence electrons. The van der Waals surface area contributed by atoms with Gasteiger partial charge in [-0.05, 0) is 25.2 Å². The SMILES string of the molecule is CC(=O)OC(CC(C(C)C)N(C)C(=O)C1CC1)c1nc(C(=O)NC(Cc2nc(C(F)(F)F)cs2)CC(C)C(=O)O)cs1. The van der Waals surface area contributed by atoms with Crippen LogP contribution < -0.4 is 5.32 Å². The smallest absolute Gasteiger partial charge is 0.434 e. The van der Waals surface area contributed by atoms with Crippen molar-refractivity contribution in [3.05, 3.63) is 32.2 Å². The van der Waals surface area contributed by atoms with Crippen molar-refractivity contribution in [3.8, 4) is 0 Å². The molecule has 0 radical (unpaired) electrons. The highest BCUT2D eigenvalue weighted by Crippen LogP contribution is 2.35. The summed E-state index contributed by atoms with van der Waals surface area (Å²) >= 11 is 1.87. The number of rotatable bonds is 14. The Morgan fingerprint density at radius 2 is 1.79 bits per heavy atom. The second-order valence-electron chi connectivity index (χ2n) is 10.9. The van der Waals surface area contributed by atoms with Crippen LogP contribution in [0.2, 0.25) is 0 Å². The molecule has 3 rings (SSSR count). The van der Waals surface area contributed by atoms with E-state index in [1.165, 1.54) is 19.2 Å². The molecule has 4 unspecified atom stereocenters. The van der Waals surface area contributed by atoms with Crippen molar-refractivity contribution >= 4 is 46.4 Å². The summed E-state index contributed by atoms with van der Waals surface area (Å²) < 4.78 is 44.6. The molecule has 4 atom stereocenters. The van der Waals surface area contributed by atoms with Gasteiger partial charge in [-0.1, -0.05) is 20.8 Å². The normalized spacial score (nSPS) is 16.4. The number of halogens is 3. The lowest BCUT2D eigenvalue weighted by atomic mass is 9.96. The van der Waals surface area contributed by atoms with Gasteiger partial charge in [-0.25, -0.2) is 9.97 Å². The van der Waals surface area contributed by atoms with Crippen LogP contribution in [0.15, 0.2) is 10.8 Å². The minimum absolute atomic E-state index is 0.0137. The van der Waals surface area contributed by atoms with E-state index in [1.54, 1.807) is 11.9 Å². The van der Waals surface area contributed by atoms with Crippen LogP contribution in [0.5, 0.6) is 0 Å². The fourth-order valence-corrected chi connectivity index (χ4v) is 6.27. The number of alkyl halides is 3. The maximum atomic E-state index is 13.2. The number of nitrogens with zero attached hydrogens (tertiary/aromatic N) is 3. The molecule has 2 heterocycles. The van der Waals surface area contributed by atoms with E-state index in [2.05, 4.69) is 15.3 Å². The van der Waals surface area contributed by atoms with Crippen LogP contribution in [0.1, 0.15) is 85.7 Å². The van der Waals surface area contributed by atoms with Gasteiger partial charge in [0.05, 0.1) is 10.9 Å². The first kappa shape index (κ1) is 33.4. The molecular weight excluding hydrogens is 597 g/mol. The molecule has 15 heteroatoms. The molecule has 2 N–H and O–H groups in total. The number of aliphatic carboxylic acids is 1. The van der Waals surface area contributed by atoms with Crippen molar-refractivity contribution < 1.29 is 42.2 Å². The van der Waals surface area contributed by atoms with E-state index < -0.39 is 47.8 Å². The Labute approximate surface area is 249 Å². The van der Waals surface area contributed by atoms with Gasteiger partial charge in [0.15, 0.2) is 11.8 Å². The third-order valence-corrected chi connectivity index (χ3v) is 8.80. The lowest BCUT2D eigenvalue weighted by Crippen LogP contribution is -2.42. The number of carboxylic acid groups (broad SMARTS) is 1. The summed E-state index contributed by atoms with van der Waals surface area (Å²) in [5, 5.41) is 14.8. The van der Waals surface area contributed by atoms with Crippen molar-refractivity contribution in [2.24, 2.45) is 17.8 Å². The second-order valence-corrected chi connectivity index (χ2v) is 12.7. The summed E-state index contributed by atoms with van der Waals surface area (Å²) in [6, 6.07) is -1.09. The van der Waals surface area contributed by atoms with E-state index in [-0.39, 0.29) is 53.7 Å². The van der Waals surface area contributed by atoms with Crippen molar-refractivity contribution in [1.82, 2.24) is 20.2 Å². The van der Waals surface area contributed by atoms with Gasteiger partial charge in [-0.2, -0.15) is 13.2 Å². The first-order valence-electron chi connectivity index (χ1n) is 13.5. The van der Waals surface area contributed by atoms with Gasteiger partial charge in [0.2, 0.25) is 5.91 Å². The third-order valence-electron chi connectivity index (χ3n) is 6.99. The first-order chi connectivity index (χ1) is 19.6. The van der Waals surface area contributed by atoms with E-state index in [0.717, 1.165) is 40.9 Å². The van der Waals surface area contributed by atoms with Gasteiger partial charge >= 0.3 is 18.1 Å². The maximum absolute atomic E-state index is 13.2. The predicted molar refractivity (Wildman–Crippen MR) is 149 cm³/mol. The molecule has 0 spiro atoms. The molecule has 1 aliphatic carbocycles. The monoisotopic (exact) mass is 632 g/mol. The number of carbonyl (C=O) groups is 4. The lowest BCUT2D eigenvalue weighted by molar-refractivity contribution is -0.148. The van der Waals surface area contributed by atoms with E-state index in [0.29, 0.717) is 5.01 Å². The van der Waals surface area contributed by atoms with Crippen LogP contribution >= 0.6 is 22.7 Å². The fourth-order valence-electron chi connectivity index (χ4n) is 4.54. The molecule has 42 heavy (non-hydrogen) atoms. The van der Waals surface area contributed by atoms with Gasteiger partial charge < -0.3 is 20.1 Å². The molecule has 1 fully saturated rings. The molecule has 10 nitrogen and oxygen atoms in total. The zero-order valence-electron chi connectivity index (χ0n) is 23.9. The highest BCUT2D eigenvalue weighted by atomic mass is 32.1. The summed E-state index contributed by atoms with van der Waals surface area (Å²) in [6.07, 6.45) is -3.62. The van der Waals surface area contributed by atoms with E-state index in [1.807, 2.05) is 13.8 Å². The number of hydrogen-bond donors (Lipinski definition) is 2. The van der Waals surface area contributed by atoms with Gasteiger partial charge in [0.1, 0.15) is 10.7 Å². The van der Waals surface area contributed by atoms with Crippen LogP contribution in [0, 0.1) is 17.8 Å². The lowest BCUT2D eigenvalue weighted by Gasteiger charge is -2.33. The Bertz CT molecular complexity index is 1280. The second kappa shape index (κ2) is 13.9. The summed E-state index contributed by atoms with van der Waals surface area (Å²) in [7, 11) is 1.73. The zero-order chi connectivity index (χ0) is 31.4. The number of aromatic nitrogens is 2. The molecule has 2 aromatic heterocycles.